The predicted octanol–water partition coefficient (Wildman–Crippen LogP) is 0.758. The minimum Gasteiger partial charge on any atom is -0.366 e. The standard InChI is InChI=1S/C14H17N3O3/c1-3-8-17(10(2)18)9-13(19)16-12-7-5-4-6-11(12)14(15)20/h3-7H,1,8-9H2,2H3,(H2,15,20)(H,16,19). The lowest BCUT2D eigenvalue weighted by Crippen LogP contribution is -2.36. The zero-order valence-electron chi connectivity index (χ0n) is 11.3. The van der Waals surface area contributed by atoms with Gasteiger partial charge in [0.25, 0.3) is 5.91 Å². The van der Waals surface area contributed by atoms with Gasteiger partial charge in [-0.3, -0.25) is 14.4 Å². The molecule has 0 bridgehead atoms. The van der Waals surface area contributed by atoms with Crippen LogP contribution in [0.2, 0.25) is 0 Å². The van der Waals surface area contributed by atoms with Crippen LogP contribution in [0.1, 0.15) is 17.3 Å². The van der Waals surface area contributed by atoms with Gasteiger partial charge in [-0.2, -0.15) is 0 Å². The van der Waals surface area contributed by atoms with Crippen LogP contribution in [0.3, 0.4) is 0 Å². The molecule has 1 aromatic carbocycles. The van der Waals surface area contributed by atoms with Gasteiger partial charge >= 0.3 is 0 Å². The summed E-state index contributed by atoms with van der Waals surface area (Å²) < 4.78 is 0. The van der Waals surface area contributed by atoms with E-state index in [9.17, 15) is 14.4 Å². The van der Waals surface area contributed by atoms with Crippen LogP contribution < -0.4 is 11.1 Å². The van der Waals surface area contributed by atoms with E-state index in [1.165, 1.54) is 24.0 Å². The maximum absolute atomic E-state index is 11.9. The molecule has 0 fully saturated rings. The number of benzene rings is 1. The summed E-state index contributed by atoms with van der Waals surface area (Å²) in [5.74, 6) is -1.27. The van der Waals surface area contributed by atoms with E-state index in [0.29, 0.717) is 5.69 Å². The van der Waals surface area contributed by atoms with E-state index < -0.39 is 11.8 Å². The highest BCUT2D eigenvalue weighted by Crippen LogP contribution is 2.14. The van der Waals surface area contributed by atoms with Crippen molar-refractivity contribution in [3.63, 3.8) is 0 Å². The number of amides is 3. The van der Waals surface area contributed by atoms with E-state index in [4.69, 9.17) is 5.73 Å². The van der Waals surface area contributed by atoms with Crippen LogP contribution in [-0.4, -0.2) is 35.7 Å². The zero-order valence-corrected chi connectivity index (χ0v) is 11.3. The molecule has 0 saturated carbocycles. The van der Waals surface area contributed by atoms with Gasteiger partial charge in [-0.1, -0.05) is 18.2 Å². The maximum atomic E-state index is 11.9. The molecule has 0 heterocycles. The summed E-state index contributed by atoms with van der Waals surface area (Å²) in [6, 6.07) is 6.41. The number of nitrogens with one attached hydrogen (secondary N) is 1. The molecule has 3 N–H and O–H groups in total. The topological polar surface area (TPSA) is 92.5 Å². The number of carbonyl (C=O) groups is 3. The molecule has 0 spiro atoms. The van der Waals surface area contributed by atoms with Crippen LogP contribution >= 0.6 is 0 Å². The van der Waals surface area contributed by atoms with Crippen LogP contribution in [0.5, 0.6) is 0 Å². The Morgan fingerprint density at radius 2 is 2.00 bits per heavy atom. The van der Waals surface area contributed by atoms with Crippen LogP contribution in [-0.2, 0) is 9.59 Å². The van der Waals surface area contributed by atoms with Crippen LogP contribution in [0.4, 0.5) is 5.69 Å². The number of nitrogens with two attached hydrogens (primary N) is 1. The van der Waals surface area contributed by atoms with Gasteiger partial charge in [-0.25, -0.2) is 0 Å². The van der Waals surface area contributed by atoms with Crippen molar-refractivity contribution in [3.8, 4) is 0 Å². The molecule has 106 valence electrons. The summed E-state index contributed by atoms with van der Waals surface area (Å²) in [5.41, 5.74) is 5.77. The number of rotatable bonds is 6. The van der Waals surface area contributed by atoms with Crippen molar-refractivity contribution in [1.29, 1.82) is 0 Å². The molecule has 1 rings (SSSR count). The van der Waals surface area contributed by atoms with Gasteiger partial charge in [0.15, 0.2) is 0 Å². The van der Waals surface area contributed by atoms with Crippen molar-refractivity contribution in [2.24, 2.45) is 5.73 Å². The van der Waals surface area contributed by atoms with Crippen LogP contribution in [0, 0.1) is 0 Å². The predicted molar refractivity (Wildman–Crippen MR) is 76.0 cm³/mol. The summed E-state index contributed by atoms with van der Waals surface area (Å²) in [6.07, 6.45) is 1.53. The summed E-state index contributed by atoms with van der Waals surface area (Å²) in [6.45, 7) is 5.06. The Morgan fingerprint density at radius 1 is 1.35 bits per heavy atom. The van der Waals surface area contributed by atoms with Crippen molar-refractivity contribution < 1.29 is 14.4 Å². The van der Waals surface area contributed by atoms with E-state index in [0.717, 1.165) is 0 Å². The number of nitrogens with zero attached hydrogens (tertiary/aromatic N) is 1. The van der Waals surface area contributed by atoms with Gasteiger partial charge in [0.05, 0.1) is 11.3 Å². The van der Waals surface area contributed by atoms with Crippen molar-refractivity contribution in [1.82, 2.24) is 4.90 Å². The Labute approximate surface area is 117 Å². The Balaban J connectivity index is 2.78. The molecule has 3 amide bonds. The molecule has 6 heteroatoms. The second kappa shape index (κ2) is 7.08. The van der Waals surface area contributed by atoms with Crippen molar-refractivity contribution in [2.75, 3.05) is 18.4 Å². The Hall–Kier alpha value is -2.63. The maximum Gasteiger partial charge on any atom is 0.250 e. The smallest absolute Gasteiger partial charge is 0.250 e. The lowest BCUT2D eigenvalue weighted by molar-refractivity contribution is -0.132. The Bertz CT molecular complexity index is 540. The second-order valence-electron chi connectivity index (χ2n) is 4.15. The third-order valence-electron chi connectivity index (χ3n) is 2.60. The summed E-state index contributed by atoms with van der Waals surface area (Å²) in [7, 11) is 0. The molecule has 0 aliphatic rings. The Morgan fingerprint density at radius 3 is 2.55 bits per heavy atom. The average molecular weight is 275 g/mol. The number of carbonyl (C=O) groups excluding carboxylic acids is 3. The van der Waals surface area contributed by atoms with Gasteiger partial charge < -0.3 is 16.0 Å². The number of anilines is 1. The molecular weight excluding hydrogens is 258 g/mol. The molecule has 20 heavy (non-hydrogen) atoms. The van der Waals surface area contributed by atoms with Gasteiger partial charge in [0.1, 0.15) is 6.54 Å². The SMILES string of the molecule is C=CCN(CC(=O)Nc1ccccc1C(N)=O)C(C)=O. The summed E-state index contributed by atoms with van der Waals surface area (Å²) in [4.78, 5) is 35.8. The van der Waals surface area contributed by atoms with Gasteiger partial charge in [-0.15, -0.1) is 6.58 Å². The minimum absolute atomic E-state index is 0.117. The highest BCUT2D eigenvalue weighted by molar-refractivity contribution is 6.03. The first-order valence-electron chi connectivity index (χ1n) is 6.00. The fourth-order valence-corrected chi connectivity index (χ4v) is 1.63. The fourth-order valence-electron chi connectivity index (χ4n) is 1.63. The van der Waals surface area contributed by atoms with Crippen LogP contribution in [0.25, 0.3) is 0 Å². The van der Waals surface area contributed by atoms with Crippen LogP contribution in [0.15, 0.2) is 36.9 Å². The van der Waals surface area contributed by atoms with Gasteiger partial charge in [0, 0.05) is 13.5 Å². The normalized spacial score (nSPS) is 9.65. The highest BCUT2D eigenvalue weighted by Gasteiger charge is 2.14. The molecule has 0 aliphatic heterocycles. The number of hydrogen-bond donors (Lipinski definition) is 2. The third kappa shape index (κ3) is 4.24. The second-order valence-corrected chi connectivity index (χ2v) is 4.15. The number of primary amides is 1. The number of hydrogen-bond acceptors (Lipinski definition) is 3. The third-order valence-corrected chi connectivity index (χ3v) is 2.60. The molecule has 0 aromatic heterocycles. The number of para-hydroxylation sites is 1. The molecule has 0 atom stereocenters. The van der Waals surface area contributed by atoms with E-state index >= 15 is 0 Å². The largest absolute Gasteiger partial charge is 0.366 e. The zero-order chi connectivity index (χ0) is 15.1. The molecular formula is C14H17N3O3. The quantitative estimate of drug-likeness (QED) is 0.751. The van der Waals surface area contributed by atoms with E-state index in [1.54, 1.807) is 18.2 Å². The molecule has 0 unspecified atom stereocenters. The minimum atomic E-state index is -0.629. The van der Waals surface area contributed by atoms with Gasteiger partial charge in [0.2, 0.25) is 11.8 Å². The Kier molecular flexibility index (Phi) is 5.46. The average Bonchev–Trinajstić information content (AvgIpc) is 2.38. The lowest BCUT2D eigenvalue weighted by Gasteiger charge is -2.18. The molecule has 6 nitrogen and oxygen atoms in total. The first-order chi connectivity index (χ1) is 9.45. The van der Waals surface area contributed by atoms with E-state index in [1.807, 2.05) is 0 Å². The summed E-state index contributed by atoms with van der Waals surface area (Å²) in [5, 5.41) is 2.57. The highest BCUT2D eigenvalue weighted by atomic mass is 16.2. The van der Waals surface area contributed by atoms with Crippen molar-refractivity contribution >= 4 is 23.4 Å². The molecule has 0 saturated heterocycles. The fraction of sp³-hybridized carbons (Fsp3) is 0.214. The summed E-state index contributed by atoms with van der Waals surface area (Å²) >= 11 is 0. The van der Waals surface area contributed by atoms with Crippen molar-refractivity contribution in [3.05, 3.63) is 42.5 Å². The van der Waals surface area contributed by atoms with Gasteiger partial charge in [-0.05, 0) is 12.1 Å². The lowest BCUT2D eigenvalue weighted by atomic mass is 10.1. The first-order valence-corrected chi connectivity index (χ1v) is 6.00. The first kappa shape index (κ1) is 15.4. The van der Waals surface area contributed by atoms with E-state index in [-0.39, 0.29) is 24.6 Å². The molecule has 0 aliphatic carbocycles. The molecule has 0 radical (unpaired) electrons. The molecule has 1 aromatic rings. The monoisotopic (exact) mass is 275 g/mol. The van der Waals surface area contributed by atoms with E-state index in [2.05, 4.69) is 11.9 Å². The van der Waals surface area contributed by atoms with Crippen molar-refractivity contribution in [2.45, 2.75) is 6.92 Å².